The Bertz CT molecular complexity index is 441. The van der Waals surface area contributed by atoms with Crippen LogP contribution in [0.4, 0.5) is 5.00 Å². The fraction of sp³-hybridized carbons (Fsp3) is 0.714. The Hall–Kier alpha value is -0.900. The van der Waals surface area contributed by atoms with Gasteiger partial charge in [0.05, 0.1) is 11.3 Å². The molecule has 18 heavy (non-hydrogen) atoms. The van der Waals surface area contributed by atoms with Crippen molar-refractivity contribution in [3.8, 4) is 0 Å². The minimum Gasteiger partial charge on any atom is -0.372 e. The van der Waals surface area contributed by atoms with Crippen molar-refractivity contribution in [3.63, 3.8) is 0 Å². The largest absolute Gasteiger partial charge is 0.372 e. The van der Waals surface area contributed by atoms with E-state index in [0.717, 1.165) is 16.3 Å². The highest BCUT2D eigenvalue weighted by atomic mass is 32.1. The van der Waals surface area contributed by atoms with Crippen LogP contribution in [0, 0.1) is 12.3 Å². The van der Waals surface area contributed by atoms with E-state index in [2.05, 4.69) is 23.5 Å². The number of hydrogen-bond donors (Lipinski definition) is 1. The van der Waals surface area contributed by atoms with E-state index in [9.17, 15) is 4.79 Å². The van der Waals surface area contributed by atoms with E-state index in [0.29, 0.717) is 11.5 Å². The van der Waals surface area contributed by atoms with Crippen molar-refractivity contribution >= 4 is 22.3 Å². The second-order valence-corrected chi connectivity index (χ2v) is 6.88. The molecule has 0 saturated heterocycles. The molecular weight excluding hydrogens is 244 g/mol. The first-order chi connectivity index (χ1) is 8.39. The Labute approximate surface area is 113 Å². The average Bonchev–Trinajstić information content (AvgIpc) is 2.63. The van der Waals surface area contributed by atoms with Gasteiger partial charge in [0.2, 0.25) is 0 Å². The van der Waals surface area contributed by atoms with Gasteiger partial charge in [-0.1, -0.05) is 13.8 Å². The van der Waals surface area contributed by atoms with E-state index in [-0.39, 0.29) is 5.78 Å². The summed E-state index contributed by atoms with van der Waals surface area (Å²) < 4.78 is 4.29. The van der Waals surface area contributed by atoms with Crippen LogP contribution >= 0.6 is 11.5 Å². The van der Waals surface area contributed by atoms with Crippen molar-refractivity contribution in [3.05, 3.63) is 11.3 Å². The molecule has 0 bridgehead atoms. The number of aryl methyl sites for hydroxylation is 1. The fourth-order valence-electron chi connectivity index (χ4n) is 2.61. The summed E-state index contributed by atoms with van der Waals surface area (Å²) in [6.45, 7) is 8.19. The molecule has 1 fully saturated rings. The molecule has 1 saturated carbocycles. The lowest BCUT2D eigenvalue weighted by Gasteiger charge is -2.34. The van der Waals surface area contributed by atoms with Crippen LogP contribution in [0.15, 0.2) is 0 Å². The normalized spacial score (nSPS) is 19.8. The van der Waals surface area contributed by atoms with Gasteiger partial charge in [-0.05, 0) is 56.5 Å². The van der Waals surface area contributed by atoms with Gasteiger partial charge in [0.15, 0.2) is 5.78 Å². The molecule has 4 heteroatoms. The smallest absolute Gasteiger partial charge is 0.164 e. The number of rotatable bonds is 3. The van der Waals surface area contributed by atoms with E-state index < -0.39 is 0 Å². The van der Waals surface area contributed by atoms with Crippen LogP contribution < -0.4 is 5.32 Å². The Balaban J connectivity index is 2.05. The van der Waals surface area contributed by atoms with Crippen LogP contribution in [-0.2, 0) is 0 Å². The van der Waals surface area contributed by atoms with Gasteiger partial charge in [-0.25, -0.2) is 0 Å². The molecule has 2 rings (SSSR count). The molecule has 1 N–H and O–H groups in total. The molecule has 0 spiro atoms. The maximum absolute atomic E-state index is 11.6. The van der Waals surface area contributed by atoms with Gasteiger partial charge in [0.1, 0.15) is 5.00 Å². The minimum absolute atomic E-state index is 0.111. The number of ketones is 1. The lowest BCUT2D eigenvalue weighted by atomic mass is 9.75. The first-order valence-electron chi connectivity index (χ1n) is 6.63. The zero-order chi connectivity index (χ0) is 13.3. The molecule has 1 aromatic rings. The van der Waals surface area contributed by atoms with E-state index in [1.807, 2.05) is 6.92 Å². The second kappa shape index (κ2) is 5.00. The zero-order valence-corrected chi connectivity index (χ0v) is 12.5. The van der Waals surface area contributed by atoms with Crippen molar-refractivity contribution < 1.29 is 4.79 Å². The summed E-state index contributed by atoms with van der Waals surface area (Å²) in [5.74, 6) is 0.111. The molecule has 1 heterocycles. The molecule has 0 atom stereocenters. The highest BCUT2D eigenvalue weighted by Gasteiger charge is 2.27. The summed E-state index contributed by atoms with van der Waals surface area (Å²) in [5, 5.41) is 4.49. The fourth-order valence-corrected chi connectivity index (χ4v) is 3.53. The van der Waals surface area contributed by atoms with Crippen LogP contribution in [0.5, 0.6) is 0 Å². The Morgan fingerprint density at radius 3 is 2.56 bits per heavy atom. The number of anilines is 1. The third-order valence-corrected chi connectivity index (χ3v) is 4.76. The average molecular weight is 266 g/mol. The summed E-state index contributed by atoms with van der Waals surface area (Å²) >= 11 is 1.42. The summed E-state index contributed by atoms with van der Waals surface area (Å²) in [6, 6.07) is 0.496. The molecule has 0 aromatic carbocycles. The second-order valence-electron chi connectivity index (χ2n) is 6.11. The third kappa shape index (κ3) is 2.91. The van der Waals surface area contributed by atoms with E-state index in [1.54, 1.807) is 6.92 Å². The molecule has 0 radical (unpaired) electrons. The third-order valence-electron chi connectivity index (χ3n) is 3.89. The Morgan fingerprint density at radius 1 is 1.39 bits per heavy atom. The quantitative estimate of drug-likeness (QED) is 0.840. The van der Waals surface area contributed by atoms with Crippen molar-refractivity contribution in [2.75, 3.05) is 5.32 Å². The highest BCUT2D eigenvalue weighted by molar-refractivity contribution is 7.10. The molecule has 1 aliphatic rings. The Kier molecular flexibility index (Phi) is 3.76. The maximum Gasteiger partial charge on any atom is 0.164 e. The lowest BCUT2D eigenvalue weighted by molar-refractivity contribution is 0.101. The predicted molar refractivity (Wildman–Crippen MR) is 76.5 cm³/mol. The number of aromatic nitrogens is 1. The van der Waals surface area contributed by atoms with E-state index >= 15 is 0 Å². The van der Waals surface area contributed by atoms with E-state index in [4.69, 9.17) is 0 Å². The van der Waals surface area contributed by atoms with Crippen molar-refractivity contribution in [1.82, 2.24) is 4.37 Å². The van der Waals surface area contributed by atoms with Crippen LogP contribution in [0.25, 0.3) is 0 Å². The predicted octanol–water partition coefficient (Wildman–Crippen LogP) is 4.03. The molecule has 100 valence electrons. The lowest BCUT2D eigenvalue weighted by Crippen LogP contribution is -2.30. The van der Waals surface area contributed by atoms with Crippen molar-refractivity contribution in [2.45, 2.75) is 59.4 Å². The monoisotopic (exact) mass is 266 g/mol. The highest BCUT2D eigenvalue weighted by Crippen LogP contribution is 2.37. The minimum atomic E-state index is 0.111. The van der Waals surface area contributed by atoms with Gasteiger partial charge < -0.3 is 5.32 Å². The van der Waals surface area contributed by atoms with Gasteiger partial charge in [0.25, 0.3) is 0 Å². The number of nitrogens with zero attached hydrogens (tertiary/aromatic N) is 1. The first-order valence-corrected chi connectivity index (χ1v) is 7.40. The van der Waals surface area contributed by atoms with Gasteiger partial charge in [-0.3, -0.25) is 4.79 Å². The Morgan fingerprint density at radius 2 is 2.00 bits per heavy atom. The summed E-state index contributed by atoms with van der Waals surface area (Å²) in [5.41, 5.74) is 2.11. The molecule has 1 aliphatic carbocycles. The topological polar surface area (TPSA) is 42.0 Å². The molecule has 3 nitrogen and oxygen atoms in total. The number of Topliss-reactive ketones (excluding diaryl/α,β-unsaturated/α-hetero) is 1. The molecule has 1 aromatic heterocycles. The van der Waals surface area contributed by atoms with Crippen LogP contribution in [0.2, 0.25) is 0 Å². The molecule has 0 amide bonds. The molecule has 0 unspecified atom stereocenters. The van der Waals surface area contributed by atoms with Gasteiger partial charge >= 0.3 is 0 Å². The standard InChI is InChI=1S/C14H22N2OS/c1-9-12(10(2)17)13(18-16-9)15-11-5-7-14(3,4)8-6-11/h11,15H,5-8H2,1-4H3. The number of nitrogens with one attached hydrogen (secondary N) is 1. The maximum atomic E-state index is 11.6. The van der Waals surface area contributed by atoms with Crippen LogP contribution in [-0.4, -0.2) is 16.2 Å². The first kappa shape index (κ1) is 13.5. The van der Waals surface area contributed by atoms with Gasteiger partial charge in [-0.15, -0.1) is 0 Å². The van der Waals surface area contributed by atoms with Crippen molar-refractivity contribution in [2.24, 2.45) is 5.41 Å². The van der Waals surface area contributed by atoms with Gasteiger partial charge in [0, 0.05) is 6.04 Å². The molecule has 0 aliphatic heterocycles. The number of carbonyl (C=O) groups excluding carboxylic acids is 1. The molecular formula is C14H22N2OS. The van der Waals surface area contributed by atoms with Gasteiger partial charge in [-0.2, -0.15) is 4.37 Å². The summed E-state index contributed by atoms with van der Waals surface area (Å²) in [4.78, 5) is 11.6. The van der Waals surface area contributed by atoms with E-state index in [1.165, 1.54) is 37.2 Å². The number of hydrogen-bond acceptors (Lipinski definition) is 4. The van der Waals surface area contributed by atoms with Crippen LogP contribution in [0.1, 0.15) is 62.5 Å². The SMILES string of the molecule is CC(=O)c1c(C)nsc1NC1CCC(C)(C)CC1. The zero-order valence-electron chi connectivity index (χ0n) is 11.7. The summed E-state index contributed by atoms with van der Waals surface area (Å²) in [7, 11) is 0. The van der Waals surface area contributed by atoms with Crippen LogP contribution in [0.3, 0.4) is 0 Å². The number of carbonyl (C=O) groups is 1. The summed E-state index contributed by atoms with van der Waals surface area (Å²) in [6.07, 6.45) is 4.86. The van der Waals surface area contributed by atoms with Crippen molar-refractivity contribution in [1.29, 1.82) is 0 Å².